The van der Waals surface area contributed by atoms with Crippen molar-refractivity contribution in [1.29, 1.82) is 0 Å². The highest BCUT2D eigenvalue weighted by atomic mass is 32.9. The third-order valence-corrected chi connectivity index (χ3v) is 24.7. The maximum Gasteiger partial charge on any atom is 0.304 e. The van der Waals surface area contributed by atoms with Crippen molar-refractivity contribution >= 4 is 118 Å². The van der Waals surface area contributed by atoms with E-state index in [9.17, 15) is 4.79 Å². The molecule has 1 N–H and O–H groups in total. The summed E-state index contributed by atoms with van der Waals surface area (Å²) in [5.41, 5.74) is -8.37. The second-order valence-electron chi connectivity index (χ2n) is 12.4. The van der Waals surface area contributed by atoms with Crippen LogP contribution >= 0.6 is 76.5 Å². The van der Waals surface area contributed by atoms with Crippen molar-refractivity contribution in [2.75, 3.05) is 42.0 Å². The summed E-state index contributed by atoms with van der Waals surface area (Å²) in [6.45, 7) is 17.7. The van der Waals surface area contributed by atoms with Crippen LogP contribution in [0.15, 0.2) is 0 Å². The Bertz CT molecular complexity index is 1030. The summed E-state index contributed by atoms with van der Waals surface area (Å²) in [6.07, 6.45) is 7.89. The van der Waals surface area contributed by atoms with E-state index in [0.29, 0.717) is 53.8 Å². The molecule has 50 heavy (non-hydrogen) atoms. The fourth-order valence-corrected chi connectivity index (χ4v) is 20.0. The van der Waals surface area contributed by atoms with Crippen molar-refractivity contribution in [2.45, 2.75) is 138 Å². The zero-order chi connectivity index (χ0) is 38.2. The lowest BCUT2D eigenvalue weighted by Crippen LogP contribution is -2.17. The van der Waals surface area contributed by atoms with Crippen LogP contribution in [0.4, 0.5) is 0 Å². The van der Waals surface area contributed by atoms with Gasteiger partial charge in [-0.3, -0.25) is 4.79 Å². The standard InChI is InChI=1S/C31H65O8P3S8/c1-9-13-15-29(11-3)19-34-40(45,35-20-30(12-4)16-14-10-2)49-23-27(7)39-42(47,37-26(6)22-44)50-24-28(8)38-41(46,36-25(5)21-43)48-18-17-31(32)33/h25-30,43-44H,9-24H2,1-8H3,(H,32,33). The van der Waals surface area contributed by atoms with Crippen LogP contribution in [0.2, 0.25) is 0 Å². The molecule has 0 fully saturated rings. The van der Waals surface area contributed by atoms with Gasteiger partial charge in [0.05, 0.1) is 44.1 Å². The van der Waals surface area contributed by atoms with Gasteiger partial charge < -0.3 is 32.2 Å². The van der Waals surface area contributed by atoms with E-state index in [1.54, 1.807) is 11.4 Å². The van der Waals surface area contributed by atoms with Gasteiger partial charge in [0.2, 0.25) is 17.1 Å². The molecule has 0 aliphatic heterocycles. The van der Waals surface area contributed by atoms with E-state index in [0.717, 1.165) is 38.5 Å². The molecular weight excluding hydrogens is 850 g/mol. The highest BCUT2D eigenvalue weighted by molar-refractivity contribution is 8.69. The van der Waals surface area contributed by atoms with Gasteiger partial charge in [0.1, 0.15) is 0 Å². The minimum atomic E-state index is -2.87. The molecule has 0 saturated heterocycles. The van der Waals surface area contributed by atoms with Crippen LogP contribution in [0, 0.1) is 11.8 Å². The van der Waals surface area contributed by atoms with Gasteiger partial charge in [-0.1, -0.05) is 100 Å². The molecule has 0 radical (unpaired) electrons. The van der Waals surface area contributed by atoms with E-state index >= 15 is 0 Å². The van der Waals surface area contributed by atoms with Gasteiger partial charge in [-0.25, -0.2) is 0 Å². The van der Waals surface area contributed by atoms with Crippen molar-refractivity contribution < 1.29 is 37.0 Å². The molecule has 0 aliphatic carbocycles. The number of hydrogen-bond donors (Lipinski definition) is 3. The Morgan fingerprint density at radius 2 is 1.04 bits per heavy atom. The SMILES string of the molecule is CCCCC(CC)COP(=S)(OCC(CC)CCCC)SCC(C)OP(=S)(OC(C)CS)SCC(C)OP(=S)(OC(C)CS)SCCC(=O)O. The number of unbranched alkanes of at least 4 members (excludes halogenated alkanes) is 2. The summed E-state index contributed by atoms with van der Waals surface area (Å²) in [5, 5.41) is 9.12. The van der Waals surface area contributed by atoms with Crippen LogP contribution in [-0.4, -0.2) is 77.5 Å². The molecule has 8 atom stereocenters. The smallest absolute Gasteiger partial charge is 0.304 e. The molecule has 8 unspecified atom stereocenters. The first-order chi connectivity index (χ1) is 23.5. The molecule has 0 bridgehead atoms. The number of carboxylic acids is 1. The van der Waals surface area contributed by atoms with Gasteiger partial charge in [-0.05, 0) is 87.8 Å². The topological polar surface area (TPSA) is 92.7 Å². The number of hydrogen-bond acceptors (Lipinski definition) is 15. The first-order valence-corrected chi connectivity index (χ1v) is 31.7. The molecule has 0 aliphatic rings. The normalized spacial score (nSPS) is 19.4. The van der Waals surface area contributed by atoms with Crippen LogP contribution in [0.3, 0.4) is 0 Å². The molecule has 0 aromatic heterocycles. The second-order valence-corrected chi connectivity index (χ2v) is 32.0. The Morgan fingerprint density at radius 3 is 1.40 bits per heavy atom. The van der Waals surface area contributed by atoms with Crippen molar-refractivity contribution in [3.8, 4) is 0 Å². The van der Waals surface area contributed by atoms with E-state index in [1.807, 2.05) is 27.7 Å². The minimum absolute atomic E-state index is 0.0335. The second kappa shape index (κ2) is 30.1. The van der Waals surface area contributed by atoms with Gasteiger partial charge in [-0.15, -0.1) is 0 Å². The average molecular weight is 915 g/mol. The van der Waals surface area contributed by atoms with Crippen molar-refractivity contribution in [3.05, 3.63) is 0 Å². The molecule has 300 valence electrons. The highest BCUT2D eigenvalue weighted by Gasteiger charge is 2.32. The van der Waals surface area contributed by atoms with Crippen LogP contribution < -0.4 is 0 Å². The highest BCUT2D eigenvalue weighted by Crippen LogP contribution is 2.67. The van der Waals surface area contributed by atoms with E-state index in [-0.39, 0.29) is 30.8 Å². The minimum Gasteiger partial charge on any atom is -0.481 e. The zero-order valence-electron chi connectivity index (χ0n) is 31.3. The lowest BCUT2D eigenvalue weighted by atomic mass is 10.0. The van der Waals surface area contributed by atoms with E-state index in [4.69, 9.17) is 67.7 Å². The molecule has 0 rings (SSSR count). The zero-order valence-corrected chi connectivity index (χ0v) is 40.6. The van der Waals surface area contributed by atoms with E-state index in [2.05, 4.69) is 53.0 Å². The first kappa shape index (κ1) is 52.9. The van der Waals surface area contributed by atoms with Crippen LogP contribution in [0.5, 0.6) is 0 Å². The first-order valence-electron chi connectivity index (χ1n) is 17.7. The Balaban J connectivity index is 5.74. The fourth-order valence-electron chi connectivity index (χ4n) is 4.12. The Morgan fingerprint density at radius 1 is 0.660 bits per heavy atom. The summed E-state index contributed by atoms with van der Waals surface area (Å²) in [6, 6.07) is 0. The van der Waals surface area contributed by atoms with Gasteiger partial charge >= 0.3 is 5.97 Å². The number of rotatable bonds is 34. The van der Waals surface area contributed by atoms with Crippen LogP contribution in [0.25, 0.3) is 0 Å². The quantitative estimate of drug-likeness (QED) is 0.0422. The molecule has 0 saturated carbocycles. The number of carbonyl (C=O) groups is 1. The predicted octanol–water partition coefficient (Wildman–Crippen LogP) is 12.3. The summed E-state index contributed by atoms with van der Waals surface area (Å²) in [7, 11) is 0. The number of aliphatic carboxylic acids is 1. The molecule has 0 aromatic carbocycles. The Kier molecular flexibility index (Phi) is 31.8. The molecular formula is C31H65O8P3S8. The maximum atomic E-state index is 11.1. The molecule has 8 nitrogen and oxygen atoms in total. The monoisotopic (exact) mass is 914 g/mol. The van der Waals surface area contributed by atoms with Gasteiger partial charge in [0.15, 0.2) is 0 Å². The lowest BCUT2D eigenvalue weighted by Gasteiger charge is -2.31. The largest absolute Gasteiger partial charge is 0.481 e. The molecule has 0 aromatic rings. The number of thiol groups is 2. The van der Waals surface area contributed by atoms with Gasteiger partial charge in [0, 0.05) is 28.8 Å². The Hall–Kier alpha value is 2.93. The fraction of sp³-hybridized carbons (Fsp3) is 0.968. The van der Waals surface area contributed by atoms with Crippen LogP contribution in [-0.2, 0) is 67.4 Å². The molecule has 0 spiro atoms. The van der Waals surface area contributed by atoms with Crippen molar-refractivity contribution in [3.63, 3.8) is 0 Å². The van der Waals surface area contributed by atoms with Gasteiger partial charge in [0.25, 0.3) is 0 Å². The molecule has 0 heterocycles. The van der Waals surface area contributed by atoms with E-state index < -0.39 is 23.0 Å². The summed E-state index contributed by atoms with van der Waals surface area (Å²) < 4.78 is 38.3. The summed E-state index contributed by atoms with van der Waals surface area (Å²) >= 11 is 31.0. The van der Waals surface area contributed by atoms with Crippen molar-refractivity contribution in [2.24, 2.45) is 11.8 Å². The predicted molar refractivity (Wildman–Crippen MR) is 241 cm³/mol. The summed E-state index contributed by atoms with van der Waals surface area (Å²) in [5.74, 6) is 2.26. The van der Waals surface area contributed by atoms with Crippen LogP contribution in [0.1, 0.15) is 113 Å². The van der Waals surface area contributed by atoms with Crippen molar-refractivity contribution in [1.82, 2.24) is 0 Å². The number of carboxylic acid groups (broad SMARTS) is 1. The Labute approximate surface area is 343 Å². The van der Waals surface area contributed by atoms with Gasteiger partial charge in [-0.2, -0.15) is 25.3 Å². The molecule has 19 heteroatoms. The average Bonchev–Trinajstić information content (AvgIpc) is 3.06. The summed E-state index contributed by atoms with van der Waals surface area (Å²) in [4.78, 5) is 11.1. The maximum absolute atomic E-state index is 11.1. The third kappa shape index (κ3) is 26.0. The third-order valence-electron chi connectivity index (χ3n) is 7.27. The molecule has 0 amide bonds. The van der Waals surface area contributed by atoms with E-state index in [1.165, 1.54) is 35.6 Å². The lowest BCUT2D eigenvalue weighted by molar-refractivity contribution is -0.136.